The van der Waals surface area contributed by atoms with Crippen molar-refractivity contribution < 1.29 is 24.1 Å². The summed E-state index contributed by atoms with van der Waals surface area (Å²) in [5.74, 6) is -0.0593. The largest absolute Gasteiger partial charge is 0.377 e. The normalized spacial score (nSPS) is 10.3. The summed E-state index contributed by atoms with van der Waals surface area (Å²) in [6.07, 6.45) is 0. The van der Waals surface area contributed by atoms with E-state index in [-0.39, 0.29) is 12.7 Å². The van der Waals surface area contributed by atoms with E-state index in [1.807, 2.05) is 0 Å². The van der Waals surface area contributed by atoms with Crippen LogP contribution in [0.2, 0.25) is 0 Å². The molecule has 0 fully saturated rings. The van der Waals surface area contributed by atoms with Crippen LogP contribution in [-0.2, 0) is 19.0 Å². The molecule has 6 nitrogen and oxygen atoms in total. The highest BCUT2D eigenvalue weighted by Crippen LogP contribution is 1.79. The highest BCUT2D eigenvalue weighted by Gasteiger charge is 1.92. The topological polar surface area (TPSA) is 77.0 Å². The smallest absolute Gasteiger partial charge is 0.216 e. The fourth-order valence-corrected chi connectivity index (χ4v) is 0.804. The minimum atomic E-state index is -0.281. The van der Waals surface area contributed by atoms with Crippen LogP contribution in [0.5, 0.6) is 0 Å². The highest BCUT2D eigenvalue weighted by molar-refractivity contribution is 5.72. The SMILES string of the molecule is CC(=O)NCCOCCOCCOCO. The van der Waals surface area contributed by atoms with Crippen LogP contribution < -0.4 is 5.32 Å². The van der Waals surface area contributed by atoms with Crippen molar-refractivity contribution in [3.05, 3.63) is 0 Å². The molecule has 0 aliphatic rings. The van der Waals surface area contributed by atoms with Crippen LogP contribution >= 0.6 is 0 Å². The van der Waals surface area contributed by atoms with Gasteiger partial charge in [-0.3, -0.25) is 4.79 Å². The maximum atomic E-state index is 10.5. The molecule has 0 aromatic carbocycles. The molecule has 15 heavy (non-hydrogen) atoms. The van der Waals surface area contributed by atoms with Crippen molar-refractivity contribution in [2.75, 3.05) is 46.4 Å². The molecule has 6 heteroatoms. The van der Waals surface area contributed by atoms with E-state index < -0.39 is 0 Å². The fourth-order valence-electron chi connectivity index (χ4n) is 0.804. The Morgan fingerprint density at radius 2 is 1.60 bits per heavy atom. The van der Waals surface area contributed by atoms with E-state index in [0.717, 1.165) is 0 Å². The zero-order chi connectivity index (χ0) is 11.4. The second kappa shape index (κ2) is 11.4. The molecule has 0 bridgehead atoms. The second-order valence-electron chi connectivity index (χ2n) is 2.75. The van der Waals surface area contributed by atoms with Crippen molar-refractivity contribution >= 4 is 5.91 Å². The summed E-state index contributed by atoms with van der Waals surface area (Å²) in [7, 11) is 0. The number of ether oxygens (including phenoxy) is 3. The van der Waals surface area contributed by atoms with Crippen molar-refractivity contribution in [3.63, 3.8) is 0 Å². The van der Waals surface area contributed by atoms with Gasteiger partial charge in [0, 0.05) is 13.5 Å². The van der Waals surface area contributed by atoms with Gasteiger partial charge in [-0.15, -0.1) is 0 Å². The van der Waals surface area contributed by atoms with Crippen LogP contribution in [-0.4, -0.2) is 57.4 Å². The number of carbonyl (C=O) groups excluding carboxylic acids is 1. The van der Waals surface area contributed by atoms with Crippen molar-refractivity contribution in [2.24, 2.45) is 0 Å². The summed E-state index contributed by atoms with van der Waals surface area (Å²) in [6, 6.07) is 0. The molecule has 0 aromatic rings. The van der Waals surface area contributed by atoms with E-state index >= 15 is 0 Å². The molecule has 0 spiro atoms. The number of hydrogen-bond acceptors (Lipinski definition) is 5. The molecular formula is C9H19NO5. The van der Waals surface area contributed by atoms with Gasteiger partial charge in [0.2, 0.25) is 5.91 Å². The monoisotopic (exact) mass is 221 g/mol. The number of carbonyl (C=O) groups is 1. The van der Waals surface area contributed by atoms with Gasteiger partial charge in [-0.2, -0.15) is 0 Å². The van der Waals surface area contributed by atoms with Crippen LogP contribution in [0.25, 0.3) is 0 Å². The third-order valence-corrected chi connectivity index (χ3v) is 1.46. The first-order valence-electron chi connectivity index (χ1n) is 4.86. The zero-order valence-electron chi connectivity index (χ0n) is 9.03. The number of amides is 1. The van der Waals surface area contributed by atoms with E-state index in [0.29, 0.717) is 39.6 Å². The lowest BCUT2D eigenvalue weighted by atomic mass is 10.6. The summed E-state index contributed by atoms with van der Waals surface area (Å²) >= 11 is 0. The first kappa shape index (κ1) is 14.3. The van der Waals surface area contributed by atoms with Crippen molar-refractivity contribution in [1.29, 1.82) is 0 Å². The molecule has 0 aromatic heterocycles. The first-order valence-corrected chi connectivity index (χ1v) is 4.86. The van der Waals surface area contributed by atoms with Gasteiger partial charge in [0.1, 0.15) is 6.79 Å². The molecule has 0 heterocycles. The Kier molecular flexibility index (Phi) is 10.9. The maximum absolute atomic E-state index is 10.5. The summed E-state index contributed by atoms with van der Waals surface area (Å²) < 4.78 is 14.9. The molecule has 0 atom stereocenters. The standard InChI is InChI=1S/C9H19NO5/c1-9(12)10-2-3-13-4-5-14-6-7-15-8-11/h11H,2-8H2,1H3,(H,10,12). The summed E-state index contributed by atoms with van der Waals surface area (Å²) in [4.78, 5) is 10.5. The minimum Gasteiger partial charge on any atom is -0.377 e. The van der Waals surface area contributed by atoms with Gasteiger partial charge in [0.05, 0.1) is 33.0 Å². The van der Waals surface area contributed by atoms with Gasteiger partial charge in [-0.1, -0.05) is 0 Å². The van der Waals surface area contributed by atoms with E-state index in [4.69, 9.17) is 14.6 Å². The number of aliphatic hydroxyl groups excluding tert-OH is 1. The molecule has 0 saturated heterocycles. The Morgan fingerprint density at radius 1 is 1.07 bits per heavy atom. The third-order valence-electron chi connectivity index (χ3n) is 1.46. The fraction of sp³-hybridized carbons (Fsp3) is 0.889. The Bertz CT molecular complexity index is 153. The quantitative estimate of drug-likeness (QED) is 0.370. The molecule has 0 saturated carbocycles. The van der Waals surface area contributed by atoms with Gasteiger partial charge in [-0.25, -0.2) is 0 Å². The second-order valence-corrected chi connectivity index (χ2v) is 2.75. The van der Waals surface area contributed by atoms with Crippen LogP contribution in [0.15, 0.2) is 0 Å². The predicted octanol–water partition coefficient (Wildman–Crippen LogP) is -0.878. The summed E-state index contributed by atoms with van der Waals surface area (Å²) in [5.41, 5.74) is 0. The van der Waals surface area contributed by atoms with Crippen LogP contribution in [0.4, 0.5) is 0 Å². The third kappa shape index (κ3) is 13.3. The van der Waals surface area contributed by atoms with Crippen LogP contribution in [0, 0.1) is 0 Å². The van der Waals surface area contributed by atoms with Crippen molar-refractivity contribution in [2.45, 2.75) is 6.92 Å². The molecule has 0 unspecified atom stereocenters. The van der Waals surface area contributed by atoms with E-state index in [2.05, 4.69) is 10.1 Å². The maximum Gasteiger partial charge on any atom is 0.216 e. The average Bonchev–Trinajstić information content (AvgIpc) is 2.20. The van der Waals surface area contributed by atoms with Gasteiger partial charge in [-0.05, 0) is 0 Å². The van der Waals surface area contributed by atoms with E-state index in [1.54, 1.807) is 0 Å². The van der Waals surface area contributed by atoms with Gasteiger partial charge >= 0.3 is 0 Å². The number of nitrogens with one attached hydrogen (secondary N) is 1. The molecular weight excluding hydrogens is 202 g/mol. The number of rotatable bonds is 10. The van der Waals surface area contributed by atoms with Crippen LogP contribution in [0.1, 0.15) is 6.92 Å². The van der Waals surface area contributed by atoms with Crippen molar-refractivity contribution in [1.82, 2.24) is 5.32 Å². The molecule has 1 amide bonds. The average molecular weight is 221 g/mol. The van der Waals surface area contributed by atoms with E-state index in [1.165, 1.54) is 6.92 Å². The molecule has 90 valence electrons. The van der Waals surface area contributed by atoms with Gasteiger partial charge in [0.15, 0.2) is 0 Å². The van der Waals surface area contributed by atoms with Crippen LogP contribution in [0.3, 0.4) is 0 Å². The summed E-state index contributed by atoms with van der Waals surface area (Å²) in [6.45, 7) is 3.96. The predicted molar refractivity (Wildman–Crippen MR) is 53.4 cm³/mol. The Morgan fingerprint density at radius 3 is 2.13 bits per heavy atom. The minimum absolute atomic E-state index is 0.0593. The lowest BCUT2D eigenvalue weighted by molar-refractivity contribution is -0.119. The number of aliphatic hydroxyl groups is 1. The molecule has 2 N–H and O–H groups in total. The lowest BCUT2D eigenvalue weighted by Gasteiger charge is -2.05. The number of hydrogen-bond donors (Lipinski definition) is 2. The Balaban J connectivity index is 2.89. The molecule has 0 radical (unpaired) electrons. The molecule has 0 aliphatic carbocycles. The molecule has 0 aliphatic heterocycles. The van der Waals surface area contributed by atoms with Gasteiger partial charge < -0.3 is 24.6 Å². The zero-order valence-corrected chi connectivity index (χ0v) is 9.03. The van der Waals surface area contributed by atoms with Gasteiger partial charge in [0.25, 0.3) is 0 Å². The van der Waals surface area contributed by atoms with Crippen molar-refractivity contribution in [3.8, 4) is 0 Å². The lowest BCUT2D eigenvalue weighted by Crippen LogP contribution is -2.25. The summed E-state index contributed by atoms with van der Waals surface area (Å²) in [5, 5.41) is 10.9. The Labute approximate surface area is 89.5 Å². The highest BCUT2D eigenvalue weighted by atomic mass is 16.6. The Hall–Kier alpha value is -0.690. The first-order chi connectivity index (χ1) is 7.27. The molecule has 0 rings (SSSR count). The van der Waals surface area contributed by atoms with E-state index in [9.17, 15) is 4.79 Å².